The smallest absolute Gasteiger partial charge is 0.306 e. The number of hydrogen-bond donors (Lipinski definition) is 0. The minimum absolute atomic E-state index is 0.0201. The van der Waals surface area contributed by atoms with E-state index in [1.165, 1.54) is 154 Å². The molecule has 0 N–H and O–H groups in total. The Balaban J connectivity index is 1.08. The second-order valence-corrected chi connectivity index (χ2v) is 26.0. The first-order valence-electron chi connectivity index (χ1n) is 33.1. The van der Waals surface area contributed by atoms with E-state index < -0.39 is 18.0 Å². The highest BCUT2D eigenvalue weighted by atomic mass is 16.6. The molecule has 11 heteroatoms. The maximum atomic E-state index is 13.2. The topological polar surface area (TPSA) is 149 Å². The molecule has 11 nitrogen and oxygen atoms in total. The number of ketones is 1. The number of carbonyl (C=O) groups excluding carboxylic acids is 6. The van der Waals surface area contributed by atoms with E-state index in [4.69, 9.17) is 23.7 Å². The molecule has 4 rings (SSSR count). The molecule has 0 radical (unpaired) electrons. The molecule has 0 aromatic rings. The zero-order valence-electron chi connectivity index (χ0n) is 50.9. The molecule has 4 fully saturated rings. The van der Waals surface area contributed by atoms with Gasteiger partial charge in [-0.25, -0.2) is 0 Å². The second-order valence-electron chi connectivity index (χ2n) is 26.0. The van der Waals surface area contributed by atoms with Gasteiger partial charge in [0.05, 0.1) is 6.61 Å². The monoisotopic (exact) mass is 1100 g/mol. The van der Waals surface area contributed by atoms with Gasteiger partial charge in [-0.3, -0.25) is 28.8 Å². The largest absolute Gasteiger partial charge is 0.466 e. The third-order valence-electron chi connectivity index (χ3n) is 19.6. The van der Waals surface area contributed by atoms with Gasteiger partial charge in [0, 0.05) is 38.0 Å². The normalized spacial score (nSPS) is 24.9. The van der Waals surface area contributed by atoms with E-state index in [2.05, 4.69) is 27.7 Å². The first-order chi connectivity index (χ1) is 37.7. The van der Waals surface area contributed by atoms with Crippen LogP contribution in [-0.2, 0) is 52.5 Å². The zero-order valence-corrected chi connectivity index (χ0v) is 50.9. The van der Waals surface area contributed by atoms with Crippen LogP contribution in [0.3, 0.4) is 0 Å². The number of unbranched alkanes of at least 4 members (excludes halogenated alkanes) is 25. The molecule has 9 atom stereocenters. The van der Waals surface area contributed by atoms with Crippen LogP contribution in [0.2, 0.25) is 0 Å². The van der Waals surface area contributed by atoms with Crippen molar-refractivity contribution in [2.45, 2.75) is 323 Å². The predicted octanol–water partition coefficient (Wildman–Crippen LogP) is 17.2. The first-order valence-corrected chi connectivity index (χ1v) is 33.1. The van der Waals surface area contributed by atoms with Gasteiger partial charge in [0.1, 0.15) is 25.1 Å². The van der Waals surface area contributed by atoms with Crippen LogP contribution in [0.15, 0.2) is 0 Å². The lowest BCUT2D eigenvalue weighted by Gasteiger charge is -2.61. The standard InChI is InChI=1S/C67H116O11/c1-7-9-11-13-15-17-19-21-23-25-27-29-31-35-61(69)75-50-56(51-76-62(70)36-32-30-28-26-24-22-20-18-16-14-12-10-8-2)78-65(73)48-52(3)47-64(72)74-46-34-33-37-63(71)77-55-42-44-66(5)54(49-55)38-39-57-59-41-40-58(53(4)68)67(59,6)45-43-60(57)66/h52,54-60H,7-51H2,1-6H3/t52?,54-,55+,57-,58+,59-,60-,66-,67+/m0/s1. The van der Waals surface area contributed by atoms with Crippen molar-refractivity contribution in [2.75, 3.05) is 19.8 Å². The van der Waals surface area contributed by atoms with Crippen LogP contribution in [0.4, 0.5) is 0 Å². The minimum atomic E-state index is -0.947. The van der Waals surface area contributed by atoms with Gasteiger partial charge in [-0.15, -0.1) is 0 Å². The van der Waals surface area contributed by atoms with E-state index >= 15 is 0 Å². The van der Waals surface area contributed by atoms with Crippen molar-refractivity contribution in [3.05, 3.63) is 0 Å². The maximum absolute atomic E-state index is 13.2. The van der Waals surface area contributed by atoms with Crippen molar-refractivity contribution in [3.8, 4) is 0 Å². The Morgan fingerprint density at radius 2 is 0.910 bits per heavy atom. The first kappa shape index (κ1) is 67.5. The lowest BCUT2D eigenvalue weighted by Crippen LogP contribution is -2.54. The molecule has 0 aromatic heterocycles. The van der Waals surface area contributed by atoms with E-state index in [0.29, 0.717) is 42.3 Å². The molecular formula is C67H116O11. The van der Waals surface area contributed by atoms with Crippen LogP contribution >= 0.6 is 0 Å². The van der Waals surface area contributed by atoms with Crippen molar-refractivity contribution in [3.63, 3.8) is 0 Å². The van der Waals surface area contributed by atoms with Gasteiger partial charge < -0.3 is 23.7 Å². The van der Waals surface area contributed by atoms with Crippen molar-refractivity contribution in [1.29, 1.82) is 0 Å². The number of esters is 5. The molecule has 1 unspecified atom stereocenters. The summed E-state index contributed by atoms with van der Waals surface area (Å²) in [6.45, 7) is 12.8. The number of rotatable bonds is 44. The average Bonchev–Trinajstić information content (AvgIpc) is 3.99. The van der Waals surface area contributed by atoms with Crippen LogP contribution in [0.25, 0.3) is 0 Å². The summed E-state index contributed by atoms with van der Waals surface area (Å²) in [6.07, 6.45) is 42.5. The van der Waals surface area contributed by atoms with Gasteiger partial charge in [0.25, 0.3) is 0 Å². The summed E-state index contributed by atoms with van der Waals surface area (Å²) < 4.78 is 28.4. The number of fused-ring (bicyclic) bond motifs is 5. The third-order valence-corrected chi connectivity index (χ3v) is 19.6. The quantitative estimate of drug-likeness (QED) is 0.0326. The highest BCUT2D eigenvalue weighted by Crippen LogP contribution is 2.67. The lowest BCUT2D eigenvalue weighted by atomic mass is 9.44. The summed E-state index contributed by atoms with van der Waals surface area (Å²) in [4.78, 5) is 77.0. The molecule has 0 aliphatic heterocycles. The summed E-state index contributed by atoms with van der Waals surface area (Å²) in [5.41, 5.74) is 0.438. The predicted molar refractivity (Wildman–Crippen MR) is 311 cm³/mol. The molecule has 4 aliphatic carbocycles. The van der Waals surface area contributed by atoms with Crippen LogP contribution in [-0.4, -0.2) is 67.7 Å². The number of hydrogen-bond acceptors (Lipinski definition) is 11. The Morgan fingerprint density at radius 1 is 0.462 bits per heavy atom. The molecule has 0 bridgehead atoms. The molecule has 0 aromatic carbocycles. The molecule has 4 aliphatic rings. The maximum Gasteiger partial charge on any atom is 0.306 e. The summed E-state index contributed by atoms with van der Waals surface area (Å²) in [6, 6.07) is 0. The fourth-order valence-corrected chi connectivity index (χ4v) is 14.9. The van der Waals surface area contributed by atoms with Crippen molar-refractivity contribution in [1.82, 2.24) is 0 Å². The zero-order chi connectivity index (χ0) is 56.4. The highest BCUT2D eigenvalue weighted by Gasteiger charge is 2.61. The van der Waals surface area contributed by atoms with Crippen LogP contribution in [0, 0.1) is 46.3 Å². The fraction of sp³-hybridized carbons (Fsp3) is 0.910. The molecular weight excluding hydrogens is 981 g/mol. The summed E-state index contributed by atoms with van der Waals surface area (Å²) in [7, 11) is 0. The minimum Gasteiger partial charge on any atom is -0.466 e. The van der Waals surface area contributed by atoms with E-state index in [-0.39, 0.29) is 98.6 Å². The Morgan fingerprint density at radius 3 is 1.42 bits per heavy atom. The van der Waals surface area contributed by atoms with Crippen molar-refractivity contribution >= 4 is 35.6 Å². The van der Waals surface area contributed by atoms with Gasteiger partial charge in [-0.2, -0.15) is 0 Å². The fourth-order valence-electron chi connectivity index (χ4n) is 14.9. The van der Waals surface area contributed by atoms with E-state index in [9.17, 15) is 28.8 Å². The Hall–Kier alpha value is -2.98. The van der Waals surface area contributed by atoms with Gasteiger partial charge in [-0.05, 0) is 131 Å². The molecule has 0 spiro atoms. The number of carbonyl (C=O) groups is 6. The van der Waals surface area contributed by atoms with Gasteiger partial charge in [0.2, 0.25) is 0 Å². The average molecular weight is 1100 g/mol. The Labute approximate surface area is 475 Å². The number of ether oxygens (including phenoxy) is 5. The molecule has 450 valence electrons. The van der Waals surface area contributed by atoms with Gasteiger partial charge in [0.15, 0.2) is 6.10 Å². The van der Waals surface area contributed by atoms with E-state index in [1.54, 1.807) is 13.8 Å². The SMILES string of the molecule is CCCCCCCCCCCCCCCC(=O)OCC(COC(=O)CCCCCCCCCCCCCCC)OC(=O)CC(C)CC(=O)OCCCCC(=O)O[C@@H]1CC[C@@]2(C)[C@@H](CC[C@@H]3[C@@H]2CC[C@]2(C)[C@@H](C(C)=O)CC[C@@H]32)C1. The second kappa shape index (κ2) is 38.7. The Kier molecular flexibility index (Phi) is 33.5. The third kappa shape index (κ3) is 25.0. The summed E-state index contributed by atoms with van der Waals surface area (Å²) in [5, 5.41) is 0. The van der Waals surface area contributed by atoms with Crippen LogP contribution < -0.4 is 0 Å². The summed E-state index contributed by atoms with van der Waals surface area (Å²) in [5.74, 6) is 0.975. The van der Waals surface area contributed by atoms with Crippen LogP contribution in [0.1, 0.15) is 311 Å². The van der Waals surface area contributed by atoms with Gasteiger partial charge in [-0.1, -0.05) is 189 Å². The number of Topliss-reactive ketones (excluding diaryl/α,β-unsaturated/α-hetero) is 1. The summed E-state index contributed by atoms with van der Waals surface area (Å²) >= 11 is 0. The molecule has 0 heterocycles. The molecule has 0 saturated heterocycles. The Bertz CT molecular complexity index is 1670. The van der Waals surface area contributed by atoms with E-state index in [0.717, 1.165) is 70.6 Å². The van der Waals surface area contributed by atoms with Crippen molar-refractivity contribution < 1.29 is 52.5 Å². The highest BCUT2D eigenvalue weighted by molar-refractivity contribution is 5.79. The van der Waals surface area contributed by atoms with E-state index in [1.807, 2.05) is 0 Å². The lowest BCUT2D eigenvalue weighted by molar-refractivity contribution is -0.167. The van der Waals surface area contributed by atoms with Gasteiger partial charge >= 0.3 is 29.8 Å². The van der Waals surface area contributed by atoms with Crippen molar-refractivity contribution in [2.24, 2.45) is 46.3 Å². The van der Waals surface area contributed by atoms with Crippen LogP contribution in [0.5, 0.6) is 0 Å². The molecule has 0 amide bonds. The molecule has 78 heavy (non-hydrogen) atoms. The molecule has 4 saturated carbocycles.